The fourth-order valence-corrected chi connectivity index (χ4v) is 1.64. The van der Waals surface area contributed by atoms with Crippen molar-refractivity contribution in [1.29, 1.82) is 0 Å². The number of esters is 1. The molecule has 6 nitrogen and oxygen atoms in total. The summed E-state index contributed by atoms with van der Waals surface area (Å²) in [5.74, 6) is 0.196. The van der Waals surface area contributed by atoms with Gasteiger partial charge in [0.05, 0.1) is 4.92 Å². The Kier molecular flexibility index (Phi) is 4.50. The van der Waals surface area contributed by atoms with E-state index in [1.807, 2.05) is 0 Å². The number of nitro benzene ring substituents is 1. The molecule has 0 bridgehead atoms. The second-order valence-corrected chi connectivity index (χ2v) is 4.28. The van der Waals surface area contributed by atoms with Gasteiger partial charge in [-0.25, -0.2) is 0 Å². The summed E-state index contributed by atoms with van der Waals surface area (Å²) in [5.41, 5.74) is 1.57. The normalized spacial score (nSPS) is 9.95. The van der Waals surface area contributed by atoms with Crippen molar-refractivity contribution in [1.82, 2.24) is 0 Å². The van der Waals surface area contributed by atoms with Gasteiger partial charge in [0.15, 0.2) is 0 Å². The van der Waals surface area contributed by atoms with E-state index in [1.165, 1.54) is 12.1 Å². The molecular weight excluding hydrogens is 272 g/mol. The van der Waals surface area contributed by atoms with Gasteiger partial charge in [0, 0.05) is 29.9 Å². The molecule has 0 aliphatic rings. The quantitative estimate of drug-likeness (QED) is 0.392. The highest BCUT2D eigenvalue weighted by molar-refractivity contribution is 5.72. The van der Waals surface area contributed by atoms with Crippen LogP contribution in [0.2, 0.25) is 0 Å². The van der Waals surface area contributed by atoms with Gasteiger partial charge in [0.1, 0.15) is 5.75 Å². The number of nitrogens with one attached hydrogen (secondary N) is 1. The maximum Gasteiger partial charge on any atom is 0.310 e. The van der Waals surface area contributed by atoms with Crippen molar-refractivity contribution >= 4 is 23.0 Å². The summed E-state index contributed by atoms with van der Waals surface area (Å²) >= 11 is 0. The number of anilines is 2. The molecule has 0 aliphatic carbocycles. The number of nitro groups is 1. The molecule has 0 saturated heterocycles. The van der Waals surface area contributed by atoms with Crippen molar-refractivity contribution < 1.29 is 14.5 Å². The minimum atomic E-state index is -0.444. The molecule has 21 heavy (non-hydrogen) atoms. The van der Waals surface area contributed by atoms with E-state index in [0.717, 1.165) is 11.4 Å². The van der Waals surface area contributed by atoms with Crippen LogP contribution in [-0.4, -0.2) is 10.9 Å². The Morgan fingerprint density at radius 3 is 2.10 bits per heavy atom. The molecule has 0 spiro atoms. The van der Waals surface area contributed by atoms with E-state index in [4.69, 9.17) is 4.74 Å². The van der Waals surface area contributed by atoms with Gasteiger partial charge >= 0.3 is 5.97 Å². The average Bonchev–Trinajstić information content (AvgIpc) is 2.49. The molecule has 0 amide bonds. The Hall–Kier alpha value is -2.89. The summed E-state index contributed by atoms with van der Waals surface area (Å²) in [6, 6.07) is 13.0. The third kappa shape index (κ3) is 4.04. The number of hydrogen-bond acceptors (Lipinski definition) is 5. The monoisotopic (exact) mass is 286 g/mol. The van der Waals surface area contributed by atoms with E-state index < -0.39 is 4.92 Å². The molecule has 2 aromatic rings. The molecule has 0 atom stereocenters. The maximum absolute atomic E-state index is 11.2. The zero-order chi connectivity index (χ0) is 15.2. The van der Waals surface area contributed by atoms with Gasteiger partial charge in [0.25, 0.3) is 5.69 Å². The highest BCUT2D eigenvalue weighted by Gasteiger charge is 2.04. The van der Waals surface area contributed by atoms with Crippen molar-refractivity contribution in [2.24, 2.45) is 0 Å². The molecule has 0 saturated carbocycles. The standard InChI is InChI=1S/C15H14N2O4/c1-2-15(18)21-14-9-5-12(6-10-14)16-11-3-7-13(8-4-11)17(19)20/h3-10,16H,2H2,1H3. The topological polar surface area (TPSA) is 81.5 Å². The smallest absolute Gasteiger partial charge is 0.310 e. The molecular formula is C15H14N2O4. The zero-order valence-electron chi connectivity index (χ0n) is 11.4. The second-order valence-electron chi connectivity index (χ2n) is 4.28. The molecule has 2 aromatic carbocycles. The molecule has 6 heteroatoms. The Labute approximate surface area is 121 Å². The van der Waals surface area contributed by atoms with Crippen LogP contribution in [0.5, 0.6) is 5.75 Å². The summed E-state index contributed by atoms with van der Waals surface area (Å²) in [6.45, 7) is 1.73. The van der Waals surface area contributed by atoms with Crippen LogP contribution >= 0.6 is 0 Å². The third-order valence-electron chi connectivity index (χ3n) is 2.74. The number of ether oxygens (including phenoxy) is 1. The lowest BCUT2D eigenvalue weighted by atomic mass is 10.2. The number of carbonyl (C=O) groups excluding carboxylic acids is 1. The van der Waals surface area contributed by atoms with E-state index in [0.29, 0.717) is 12.2 Å². The van der Waals surface area contributed by atoms with Crippen LogP contribution in [0, 0.1) is 10.1 Å². The van der Waals surface area contributed by atoms with Crippen LogP contribution in [0.25, 0.3) is 0 Å². The molecule has 108 valence electrons. The van der Waals surface area contributed by atoms with Crippen molar-refractivity contribution in [3.05, 3.63) is 58.6 Å². The fraction of sp³-hybridized carbons (Fsp3) is 0.133. The SMILES string of the molecule is CCC(=O)Oc1ccc(Nc2ccc([N+](=O)[O-])cc2)cc1. The Morgan fingerprint density at radius 2 is 1.62 bits per heavy atom. The number of nitrogens with zero attached hydrogens (tertiary/aromatic N) is 1. The average molecular weight is 286 g/mol. The fourth-order valence-electron chi connectivity index (χ4n) is 1.64. The molecule has 0 heterocycles. The van der Waals surface area contributed by atoms with E-state index >= 15 is 0 Å². The summed E-state index contributed by atoms with van der Waals surface area (Å²) in [5, 5.41) is 13.7. The van der Waals surface area contributed by atoms with Crippen LogP contribution in [0.15, 0.2) is 48.5 Å². The first-order valence-corrected chi connectivity index (χ1v) is 6.40. The van der Waals surface area contributed by atoms with Crippen LogP contribution in [-0.2, 0) is 4.79 Å². The van der Waals surface area contributed by atoms with Crippen LogP contribution in [0.3, 0.4) is 0 Å². The molecule has 1 N–H and O–H groups in total. The van der Waals surface area contributed by atoms with Gasteiger partial charge in [-0.2, -0.15) is 0 Å². The largest absolute Gasteiger partial charge is 0.427 e. The van der Waals surface area contributed by atoms with E-state index in [1.54, 1.807) is 43.3 Å². The Balaban J connectivity index is 2.02. The van der Waals surface area contributed by atoms with Crippen molar-refractivity contribution in [3.8, 4) is 5.75 Å². The number of rotatable bonds is 5. The highest BCUT2D eigenvalue weighted by atomic mass is 16.6. The van der Waals surface area contributed by atoms with Gasteiger partial charge in [-0.05, 0) is 36.4 Å². The van der Waals surface area contributed by atoms with Crippen molar-refractivity contribution in [2.75, 3.05) is 5.32 Å². The number of benzene rings is 2. The van der Waals surface area contributed by atoms with Gasteiger partial charge < -0.3 is 10.1 Å². The minimum absolute atomic E-state index is 0.0439. The van der Waals surface area contributed by atoms with Gasteiger partial charge in [0.2, 0.25) is 0 Å². The predicted molar refractivity (Wildman–Crippen MR) is 78.7 cm³/mol. The predicted octanol–water partition coefficient (Wildman–Crippen LogP) is 3.65. The summed E-state index contributed by atoms with van der Waals surface area (Å²) < 4.78 is 5.07. The number of carbonyl (C=O) groups is 1. The number of hydrogen-bond donors (Lipinski definition) is 1. The van der Waals surface area contributed by atoms with Gasteiger partial charge in [-0.1, -0.05) is 6.92 Å². The second kappa shape index (κ2) is 6.51. The molecule has 0 unspecified atom stereocenters. The summed E-state index contributed by atoms with van der Waals surface area (Å²) in [6.07, 6.45) is 0.322. The third-order valence-corrected chi connectivity index (χ3v) is 2.74. The van der Waals surface area contributed by atoms with E-state index in [-0.39, 0.29) is 11.7 Å². The Bertz CT molecular complexity index is 636. The number of non-ortho nitro benzene ring substituents is 1. The summed E-state index contributed by atoms with van der Waals surface area (Å²) in [7, 11) is 0. The Morgan fingerprint density at radius 1 is 1.10 bits per heavy atom. The maximum atomic E-state index is 11.2. The molecule has 0 radical (unpaired) electrons. The van der Waals surface area contributed by atoms with Crippen molar-refractivity contribution in [2.45, 2.75) is 13.3 Å². The molecule has 0 aliphatic heterocycles. The lowest BCUT2D eigenvalue weighted by Crippen LogP contribution is -2.05. The first kappa shape index (κ1) is 14.5. The van der Waals surface area contributed by atoms with Crippen LogP contribution in [0.4, 0.5) is 17.1 Å². The molecule has 2 rings (SSSR count). The highest BCUT2D eigenvalue weighted by Crippen LogP contribution is 2.22. The van der Waals surface area contributed by atoms with Crippen LogP contribution in [0.1, 0.15) is 13.3 Å². The molecule has 0 fully saturated rings. The molecule has 0 aromatic heterocycles. The van der Waals surface area contributed by atoms with Crippen LogP contribution < -0.4 is 10.1 Å². The van der Waals surface area contributed by atoms with Gasteiger partial charge in [-0.15, -0.1) is 0 Å². The van der Waals surface area contributed by atoms with Gasteiger partial charge in [-0.3, -0.25) is 14.9 Å². The van der Waals surface area contributed by atoms with E-state index in [9.17, 15) is 14.9 Å². The lowest BCUT2D eigenvalue weighted by molar-refractivity contribution is -0.384. The summed E-state index contributed by atoms with van der Waals surface area (Å²) in [4.78, 5) is 21.3. The van der Waals surface area contributed by atoms with Crippen molar-refractivity contribution in [3.63, 3.8) is 0 Å². The first-order valence-electron chi connectivity index (χ1n) is 6.40. The first-order chi connectivity index (χ1) is 10.1. The minimum Gasteiger partial charge on any atom is -0.427 e. The zero-order valence-corrected chi connectivity index (χ0v) is 11.4. The van der Waals surface area contributed by atoms with E-state index in [2.05, 4.69) is 5.32 Å². The lowest BCUT2D eigenvalue weighted by Gasteiger charge is -2.07.